The zero-order valence-corrected chi connectivity index (χ0v) is 25.4. The summed E-state index contributed by atoms with van der Waals surface area (Å²) in [7, 11) is 6.52. The fourth-order valence-electron chi connectivity index (χ4n) is 3.22. The third kappa shape index (κ3) is 8.46. The van der Waals surface area contributed by atoms with Crippen molar-refractivity contribution < 1.29 is 27.7 Å². The Hall–Kier alpha value is -1.57. The number of pyridine rings is 1. The van der Waals surface area contributed by atoms with Crippen molar-refractivity contribution in [3.8, 4) is 0 Å². The van der Waals surface area contributed by atoms with Crippen molar-refractivity contribution >= 4 is 38.2 Å². The molecule has 0 aliphatic rings. The second kappa shape index (κ2) is 13.5. The van der Waals surface area contributed by atoms with Crippen molar-refractivity contribution in [3.05, 3.63) is 40.5 Å². The maximum Gasteiger partial charge on any atom is 0.509 e. The molecule has 208 valence electrons. The monoisotopic (exact) mass is 577 g/mol. The summed E-state index contributed by atoms with van der Waals surface area (Å²) in [5.41, 5.74) is 0.198. The molecule has 2 aromatic rings. The average Bonchev–Trinajstić information content (AvgIpc) is 3.29. The molecule has 0 bridgehead atoms. The second-order valence-electron chi connectivity index (χ2n) is 8.83. The molecule has 1 atom stereocenters. The van der Waals surface area contributed by atoms with Crippen LogP contribution in [0.25, 0.3) is 0 Å². The molecule has 0 amide bonds. The summed E-state index contributed by atoms with van der Waals surface area (Å²) in [5.74, 6) is -0.796. The SMILES string of the molecule is CN(C)OP(=O)(OC(c1nc(C(=O)CCN(C)c2ccccn2)cs1)P(=O)(N(C)C)N(C)C)ON(C)C. The summed E-state index contributed by atoms with van der Waals surface area (Å²) < 4.78 is 47.4. The number of carbonyl (C=O) groups excluding carboxylic acids is 1. The highest BCUT2D eigenvalue weighted by Crippen LogP contribution is 2.68. The fraction of sp³-hybridized carbons (Fsp3) is 0.571. The summed E-state index contributed by atoms with van der Waals surface area (Å²) in [5, 5.41) is 4.13. The third-order valence-electron chi connectivity index (χ3n) is 4.94. The van der Waals surface area contributed by atoms with Gasteiger partial charge in [-0.2, -0.15) is 19.4 Å². The van der Waals surface area contributed by atoms with Gasteiger partial charge in [0.25, 0.3) is 7.44 Å². The Bertz CT molecular complexity index is 1090. The minimum Gasteiger partial charge on any atom is -0.359 e. The lowest BCUT2D eigenvalue weighted by molar-refractivity contribution is -0.109. The average molecular weight is 578 g/mol. The van der Waals surface area contributed by atoms with Gasteiger partial charge in [0.2, 0.25) is 0 Å². The van der Waals surface area contributed by atoms with Crippen LogP contribution in [0.3, 0.4) is 0 Å². The standard InChI is InChI=1S/C21H37N7O6P2S/c1-24(2)33-36(31,34-25(3)4)32-21(35(30,26(5)6)27(7)8)20-23-17(16-37-20)18(29)13-15-28(9)19-12-10-11-14-22-19/h10-12,14,16,21H,13,15H2,1-9H3. The van der Waals surface area contributed by atoms with Crippen LogP contribution in [0, 0.1) is 0 Å². The van der Waals surface area contributed by atoms with Crippen LogP contribution in [0.1, 0.15) is 27.8 Å². The first-order valence-corrected chi connectivity index (χ1v) is 15.3. The molecule has 1 unspecified atom stereocenters. The molecule has 0 aliphatic heterocycles. The van der Waals surface area contributed by atoms with Gasteiger partial charge in [0.1, 0.15) is 16.5 Å². The van der Waals surface area contributed by atoms with Gasteiger partial charge >= 0.3 is 7.82 Å². The van der Waals surface area contributed by atoms with Crippen LogP contribution in [-0.2, 0) is 22.9 Å². The molecule has 0 saturated carbocycles. The van der Waals surface area contributed by atoms with Crippen molar-refractivity contribution in [2.24, 2.45) is 0 Å². The fourth-order valence-corrected chi connectivity index (χ4v) is 8.61. The Morgan fingerprint density at radius 1 is 0.973 bits per heavy atom. The number of phosphoric acid groups is 1. The maximum absolute atomic E-state index is 14.2. The van der Waals surface area contributed by atoms with E-state index in [9.17, 15) is 13.9 Å². The van der Waals surface area contributed by atoms with E-state index < -0.39 is 21.1 Å². The van der Waals surface area contributed by atoms with Gasteiger partial charge in [-0.1, -0.05) is 6.07 Å². The predicted molar refractivity (Wildman–Crippen MR) is 145 cm³/mol. The molecule has 37 heavy (non-hydrogen) atoms. The van der Waals surface area contributed by atoms with Crippen molar-refractivity contribution in [1.29, 1.82) is 0 Å². The van der Waals surface area contributed by atoms with Crippen LogP contribution < -0.4 is 4.90 Å². The summed E-state index contributed by atoms with van der Waals surface area (Å²) in [6.45, 7) is 0.430. The van der Waals surface area contributed by atoms with Crippen molar-refractivity contribution in [2.45, 2.75) is 12.3 Å². The van der Waals surface area contributed by atoms with Gasteiger partial charge in [0, 0.05) is 59.8 Å². The molecular weight excluding hydrogens is 540 g/mol. The molecule has 16 heteroatoms. The number of ketones is 1. The molecule has 0 spiro atoms. The van der Waals surface area contributed by atoms with E-state index in [0.717, 1.165) is 17.2 Å². The number of Topliss-reactive ketones (excluding diaryl/α,β-unsaturated/α-hetero) is 1. The third-order valence-corrected chi connectivity index (χ3v) is 10.9. The van der Waals surface area contributed by atoms with E-state index >= 15 is 0 Å². The molecule has 0 radical (unpaired) electrons. The lowest BCUT2D eigenvalue weighted by Gasteiger charge is -2.36. The number of hydrogen-bond donors (Lipinski definition) is 0. The van der Waals surface area contributed by atoms with E-state index in [4.69, 9.17) is 13.8 Å². The highest BCUT2D eigenvalue weighted by atomic mass is 32.1. The van der Waals surface area contributed by atoms with Crippen LogP contribution in [0.15, 0.2) is 29.8 Å². The first kappa shape index (κ1) is 31.6. The number of anilines is 1. The van der Waals surface area contributed by atoms with Gasteiger partial charge < -0.3 is 4.90 Å². The minimum atomic E-state index is -4.31. The number of rotatable bonds is 15. The largest absolute Gasteiger partial charge is 0.509 e. The van der Waals surface area contributed by atoms with Gasteiger partial charge in [-0.15, -0.1) is 11.3 Å². The molecule has 2 rings (SSSR count). The van der Waals surface area contributed by atoms with Gasteiger partial charge in [0.15, 0.2) is 11.6 Å². The zero-order valence-electron chi connectivity index (χ0n) is 22.8. The van der Waals surface area contributed by atoms with Crippen LogP contribution in [-0.4, -0.2) is 105 Å². The number of thiazole rings is 1. The van der Waals surface area contributed by atoms with E-state index in [2.05, 4.69) is 9.97 Å². The quantitative estimate of drug-likeness (QED) is 0.174. The molecule has 0 saturated heterocycles. The molecule has 0 aromatic carbocycles. The van der Waals surface area contributed by atoms with Gasteiger partial charge in [-0.25, -0.2) is 23.9 Å². The number of hydroxylamine groups is 4. The highest BCUT2D eigenvalue weighted by molar-refractivity contribution is 7.60. The molecule has 0 fully saturated rings. The first-order chi connectivity index (χ1) is 17.2. The van der Waals surface area contributed by atoms with E-state index in [-0.39, 0.29) is 22.9 Å². The topological polar surface area (TPSA) is 121 Å². The summed E-state index contributed by atoms with van der Waals surface area (Å²) in [4.78, 5) is 23.6. The zero-order chi connectivity index (χ0) is 28.0. The van der Waals surface area contributed by atoms with Crippen LogP contribution >= 0.6 is 26.6 Å². The van der Waals surface area contributed by atoms with Crippen LogP contribution in [0.2, 0.25) is 0 Å². The molecule has 0 N–H and O–H groups in total. The van der Waals surface area contributed by atoms with E-state index in [1.54, 1.807) is 39.8 Å². The summed E-state index contributed by atoms with van der Waals surface area (Å²) in [6, 6.07) is 5.56. The second-order valence-corrected chi connectivity index (χ2v) is 14.4. The van der Waals surface area contributed by atoms with Crippen LogP contribution in [0.5, 0.6) is 0 Å². The summed E-state index contributed by atoms with van der Waals surface area (Å²) in [6.07, 6.45) is 1.87. The van der Waals surface area contributed by atoms with E-state index in [1.165, 1.54) is 47.7 Å². The molecule has 2 aromatic heterocycles. The summed E-state index contributed by atoms with van der Waals surface area (Å²) >= 11 is 1.09. The molecular formula is C21H37N7O6P2S. The Balaban J connectivity index is 2.37. The number of hydrogen-bond acceptors (Lipinski definition) is 12. The van der Waals surface area contributed by atoms with Crippen LogP contribution in [0.4, 0.5) is 5.82 Å². The molecule has 13 nitrogen and oxygen atoms in total. The molecule has 2 heterocycles. The van der Waals surface area contributed by atoms with Gasteiger partial charge in [-0.3, -0.25) is 13.9 Å². The van der Waals surface area contributed by atoms with E-state index in [0.29, 0.717) is 6.54 Å². The lowest BCUT2D eigenvalue weighted by Crippen LogP contribution is -2.28. The number of nitrogens with zero attached hydrogens (tertiary/aromatic N) is 7. The van der Waals surface area contributed by atoms with Gasteiger partial charge in [-0.05, 0) is 40.3 Å². The maximum atomic E-state index is 14.2. The normalized spacial score (nSPS) is 13.6. The Labute approximate surface area is 222 Å². The molecule has 0 aliphatic carbocycles. The number of carbonyl (C=O) groups is 1. The minimum absolute atomic E-state index is 0.187. The lowest BCUT2D eigenvalue weighted by atomic mass is 10.2. The Kier molecular flexibility index (Phi) is 11.5. The van der Waals surface area contributed by atoms with E-state index in [1.807, 2.05) is 30.1 Å². The Morgan fingerprint density at radius 3 is 2.05 bits per heavy atom. The first-order valence-electron chi connectivity index (χ1n) is 11.3. The predicted octanol–water partition coefficient (Wildman–Crippen LogP) is 3.67. The highest BCUT2D eigenvalue weighted by Gasteiger charge is 2.48. The van der Waals surface area contributed by atoms with Crippen molar-refractivity contribution in [3.63, 3.8) is 0 Å². The smallest absolute Gasteiger partial charge is 0.359 e. The number of aromatic nitrogens is 2. The Morgan fingerprint density at radius 2 is 1.57 bits per heavy atom. The van der Waals surface area contributed by atoms with Crippen molar-refractivity contribution in [1.82, 2.24) is 29.4 Å². The van der Waals surface area contributed by atoms with Gasteiger partial charge in [0.05, 0.1) is 0 Å². The van der Waals surface area contributed by atoms with Crippen molar-refractivity contribution in [2.75, 3.05) is 74.9 Å².